The van der Waals surface area contributed by atoms with Gasteiger partial charge in [-0.25, -0.2) is 0 Å². The van der Waals surface area contributed by atoms with E-state index in [0.717, 1.165) is 43.6 Å². The zero-order valence-electron chi connectivity index (χ0n) is 15.8. The van der Waals surface area contributed by atoms with Gasteiger partial charge in [-0.1, -0.05) is 41.9 Å². The van der Waals surface area contributed by atoms with Crippen molar-refractivity contribution in [1.82, 2.24) is 10.2 Å². The van der Waals surface area contributed by atoms with Crippen LogP contribution in [0.15, 0.2) is 60.7 Å². The lowest BCUT2D eigenvalue weighted by Gasteiger charge is -2.31. The molecule has 2 aromatic carbocycles. The first-order valence-corrected chi connectivity index (χ1v) is 10.0. The molecule has 1 saturated heterocycles. The first-order valence-electron chi connectivity index (χ1n) is 9.65. The first-order chi connectivity index (χ1) is 13.6. The molecule has 146 valence electrons. The van der Waals surface area contributed by atoms with E-state index in [1.54, 1.807) is 30.3 Å². The Bertz CT molecular complexity index is 810. The Morgan fingerprint density at radius 1 is 1.04 bits per heavy atom. The van der Waals surface area contributed by atoms with E-state index in [-0.39, 0.29) is 17.6 Å². The zero-order valence-corrected chi connectivity index (χ0v) is 16.6. The monoisotopic (exact) mass is 396 g/mol. The summed E-state index contributed by atoms with van der Waals surface area (Å²) in [5, 5.41) is 3.56. The van der Waals surface area contributed by atoms with Gasteiger partial charge >= 0.3 is 0 Å². The van der Waals surface area contributed by atoms with Crippen LogP contribution in [-0.4, -0.2) is 42.8 Å². The molecule has 1 amide bonds. The van der Waals surface area contributed by atoms with Crippen molar-refractivity contribution in [3.05, 3.63) is 76.8 Å². The topological polar surface area (TPSA) is 49.4 Å². The molecule has 1 N–H and O–H groups in total. The molecular formula is C23H25ClN2O2. The average molecular weight is 397 g/mol. The maximum atomic E-state index is 12.6. The third-order valence-corrected chi connectivity index (χ3v) is 5.29. The molecule has 0 aliphatic carbocycles. The van der Waals surface area contributed by atoms with Crippen LogP contribution in [0.3, 0.4) is 0 Å². The van der Waals surface area contributed by atoms with E-state index in [2.05, 4.69) is 10.2 Å². The van der Waals surface area contributed by atoms with Crippen LogP contribution in [0.25, 0.3) is 6.08 Å². The lowest BCUT2D eigenvalue weighted by Crippen LogP contribution is -2.40. The van der Waals surface area contributed by atoms with Crippen molar-refractivity contribution in [2.24, 2.45) is 5.92 Å². The minimum Gasteiger partial charge on any atom is -0.351 e. The predicted octanol–water partition coefficient (Wildman–Crippen LogP) is 4.06. The Hall–Kier alpha value is -2.43. The average Bonchev–Trinajstić information content (AvgIpc) is 2.73. The smallest absolute Gasteiger partial charge is 0.244 e. The van der Waals surface area contributed by atoms with Crippen LogP contribution in [0.5, 0.6) is 0 Å². The highest BCUT2D eigenvalue weighted by atomic mass is 35.5. The second kappa shape index (κ2) is 10.2. The molecule has 0 bridgehead atoms. The summed E-state index contributed by atoms with van der Waals surface area (Å²) in [5.74, 6) is 0.188. The number of ketones is 1. The van der Waals surface area contributed by atoms with Crippen molar-refractivity contribution in [3.63, 3.8) is 0 Å². The normalized spacial score (nSPS) is 15.6. The molecule has 0 unspecified atom stereocenters. The molecule has 0 saturated carbocycles. The zero-order chi connectivity index (χ0) is 19.8. The van der Waals surface area contributed by atoms with Gasteiger partial charge in [0.2, 0.25) is 5.91 Å². The van der Waals surface area contributed by atoms with Gasteiger partial charge in [-0.15, -0.1) is 0 Å². The quantitative estimate of drug-likeness (QED) is 0.567. The molecule has 0 spiro atoms. The highest BCUT2D eigenvalue weighted by Crippen LogP contribution is 2.22. The van der Waals surface area contributed by atoms with Crippen molar-refractivity contribution in [2.75, 3.05) is 26.2 Å². The summed E-state index contributed by atoms with van der Waals surface area (Å²) in [7, 11) is 0. The number of rotatable bonds is 7. The number of hydrogen-bond acceptors (Lipinski definition) is 3. The second-order valence-corrected chi connectivity index (χ2v) is 7.46. The lowest BCUT2D eigenvalue weighted by molar-refractivity contribution is -0.116. The van der Waals surface area contributed by atoms with Crippen molar-refractivity contribution in [2.45, 2.75) is 12.8 Å². The van der Waals surface area contributed by atoms with Crippen molar-refractivity contribution >= 4 is 29.4 Å². The predicted molar refractivity (Wildman–Crippen MR) is 113 cm³/mol. The molecule has 1 aliphatic heterocycles. The summed E-state index contributed by atoms with van der Waals surface area (Å²) in [6.45, 7) is 3.15. The molecule has 4 nitrogen and oxygen atoms in total. The van der Waals surface area contributed by atoms with E-state index < -0.39 is 0 Å². The van der Waals surface area contributed by atoms with Gasteiger partial charge in [0, 0.05) is 35.7 Å². The molecule has 0 atom stereocenters. The fourth-order valence-corrected chi connectivity index (χ4v) is 3.53. The van der Waals surface area contributed by atoms with Gasteiger partial charge in [0.1, 0.15) is 0 Å². The third kappa shape index (κ3) is 6.04. The molecule has 0 radical (unpaired) electrons. The highest BCUT2D eigenvalue weighted by Gasteiger charge is 2.25. The van der Waals surface area contributed by atoms with Gasteiger partial charge in [0.25, 0.3) is 0 Å². The van der Waals surface area contributed by atoms with Gasteiger partial charge in [-0.3, -0.25) is 9.59 Å². The number of piperidine rings is 1. The Balaban J connectivity index is 1.36. The summed E-state index contributed by atoms with van der Waals surface area (Å²) in [6, 6.07) is 16.9. The molecule has 1 fully saturated rings. The number of nitrogens with one attached hydrogen (secondary N) is 1. The molecule has 5 heteroatoms. The van der Waals surface area contributed by atoms with Gasteiger partial charge in [0.15, 0.2) is 5.78 Å². The van der Waals surface area contributed by atoms with E-state index in [1.807, 2.05) is 36.4 Å². The third-order valence-electron chi connectivity index (χ3n) is 5.04. The number of nitrogens with zero attached hydrogens (tertiary/aromatic N) is 1. The fraction of sp³-hybridized carbons (Fsp3) is 0.304. The van der Waals surface area contributed by atoms with Crippen LogP contribution in [-0.2, 0) is 4.79 Å². The summed E-state index contributed by atoms with van der Waals surface area (Å²) in [4.78, 5) is 26.8. The maximum absolute atomic E-state index is 12.6. The van der Waals surface area contributed by atoms with Gasteiger partial charge < -0.3 is 10.2 Å². The first kappa shape index (κ1) is 20.3. The van der Waals surface area contributed by atoms with E-state index in [0.29, 0.717) is 11.6 Å². The minimum atomic E-state index is -0.0864. The number of hydrogen-bond donors (Lipinski definition) is 1. The van der Waals surface area contributed by atoms with Crippen LogP contribution < -0.4 is 5.32 Å². The number of benzene rings is 2. The highest BCUT2D eigenvalue weighted by molar-refractivity contribution is 6.30. The Labute approximate surface area is 171 Å². The van der Waals surface area contributed by atoms with Gasteiger partial charge in [-0.05, 0) is 61.8 Å². The summed E-state index contributed by atoms with van der Waals surface area (Å²) in [5.41, 5.74) is 1.74. The van der Waals surface area contributed by atoms with Crippen molar-refractivity contribution in [3.8, 4) is 0 Å². The summed E-state index contributed by atoms with van der Waals surface area (Å²) >= 11 is 5.89. The van der Waals surface area contributed by atoms with Crippen LogP contribution in [0.2, 0.25) is 5.02 Å². The van der Waals surface area contributed by atoms with Crippen LogP contribution >= 0.6 is 11.6 Å². The van der Waals surface area contributed by atoms with Crippen LogP contribution in [0.4, 0.5) is 0 Å². The Kier molecular flexibility index (Phi) is 7.40. The minimum absolute atomic E-state index is 0.0702. The molecular weight excluding hydrogens is 372 g/mol. The molecule has 2 aromatic rings. The summed E-state index contributed by atoms with van der Waals surface area (Å²) in [6.07, 6.45) is 5.07. The van der Waals surface area contributed by atoms with Crippen LogP contribution in [0, 0.1) is 5.92 Å². The molecule has 0 aromatic heterocycles. The van der Waals surface area contributed by atoms with Crippen molar-refractivity contribution in [1.29, 1.82) is 0 Å². The number of halogens is 1. The maximum Gasteiger partial charge on any atom is 0.244 e. The van der Waals surface area contributed by atoms with E-state index in [1.165, 1.54) is 0 Å². The summed E-state index contributed by atoms with van der Waals surface area (Å²) < 4.78 is 0. The standard InChI is InChI=1S/C23H25ClN2O2/c24-21-9-7-19(8-10-21)23(28)20-12-15-26(16-13-20)17-14-25-22(27)11-6-18-4-2-1-3-5-18/h1-11,20H,12-17H2,(H,25,27). The number of amides is 1. The lowest BCUT2D eigenvalue weighted by atomic mass is 9.89. The van der Waals surface area contributed by atoms with E-state index >= 15 is 0 Å². The van der Waals surface area contributed by atoms with E-state index in [9.17, 15) is 9.59 Å². The molecule has 28 heavy (non-hydrogen) atoms. The molecule has 1 aliphatic rings. The van der Waals surface area contributed by atoms with Gasteiger partial charge in [0.05, 0.1) is 0 Å². The second-order valence-electron chi connectivity index (χ2n) is 7.02. The van der Waals surface area contributed by atoms with Gasteiger partial charge in [-0.2, -0.15) is 0 Å². The molecule has 1 heterocycles. The Morgan fingerprint density at radius 3 is 2.39 bits per heavy atom. The number of carbonyl (C=O) groups excluding carboxylic acids is 2. The largest absolute Gasteiger partial charge is 0.351 e. The van der Waals surface area contributed by atoms with E-state index in [4.69, 9.17) is 11.6 Å². The Morgan fingerprint density at radius 2 is 1.71 bits per heavy atom. The number of Topliss-reactive ketones (excluding diaryl/α,β-unsaturated/α-hetero) is 1. The fourth-order valence-electron chi connectivity index (χ4n) is 3.40. The van der Waals surface area contributed by atoms with Crippen LogP contribution in [0.1, 0.15) is 28.8 Å². The van der Waals surface area contributed by atoms with Crippen molar-refractivity contribution < 1.29 is 9.59 Å². The SMILES string of the molecule is O=C(C=Cc1ccccc1)NCCN1CCC(C(=O)c2ccc(Cl)cc2)CC1. The number of likely N-dealkylation sites (tertiary alicyclic amines) is 1. The molecule has 3 rings (SSSR count). The number of carbonyl (C=O) groups is 2.